The fourth-order valence-corrected chi connectivity index (χ4v) is 3.80. The van der Waals surface area contributed by atoms with Gasteiger partial charge < -0.3 is 5.32 Å². The summed E-state index contributed by atoms with van der Waals surface area (Å²) in [6.07, 6.45) is 13.4. The van der Waals surface area contributed by atoms with Crippen LogP contribution in [0, 0.1) is 0 Å². The first-order chi connectivity index (χ1) is 14.6. The van der Waals surface area contributed by atoms with Crippen molar-refractivity contribution in [2.45, 2.75) is 6.42 Å². The number of amides is 1. The van der Waals surface area contributed by atoms with Gasteiger partial charge in [-0.3, -0.25) is 9.69 Å². The number of benzene rings is 2. The predicted octanol–water partition coefficient (Wildman–Crippen LogP) is 6.19. The number of nitrogens with zero attached hydrogens (tertiary/aromatic N) is 1. The standard InChI is InChI=1S/C24H16Cl2N2O2/c25-18-8-10-20(21(26)14-18)24(30)28(23-7-2-1-6-17(23)15-29)19-9-11-22-16(13-19)5-3-4-12-27-22/h1-5,7-14,27H,6H2. The van der Waals surface area contributed by atoms with Crippen LogP contribution in [0.4, 0.5) is 11.4 Å². The van der Waals surface area contributed by atoms with Gasteiger partial charge in [-0.05, 0) is 54.1 Å². The van der Waals surface area contributed by atoms with E-state index in [1.807, 2.05) is 60.7 Å². The number of anilines is 2. The minimum atomic E-state index is -0.366. The van der Waals surface area contributed by atoms with Gasteiger partial charge >= 0.3 is 0 Å². The van der Waals surface area contributed by atoms with Crippen LogP contribution < -0.4 is 10.2 Å². The molecule has 0 aromatic heterocycles. The fourth-order valence-electron chi connectivity index (χ4n) is 3.31. The van der Waals surface area contributed by atoms with Crippen LogP contribution in [0.5, 0.6) is 0 Å². The van der Waals surface area contributed by atoms with E-state index in [9.17, 15) is 9.59 Å². The number of fused-ring (bicyclic) bond motifs is 1. The molecule has 1 aliphatic heterocycles. The molecular weight excluding hydrogens is 419 g/mol. The molecule has 1 heterocycles. The zero-order valence-corrected chi connectivity index (χ0v) is 17.2. The Kier molecular flexibility index (Phi) is 5.73. The van der Waals surface area contributed by atoms with Crippen LogP contribution in [0.15, 0.2) is 84.2 Å². The molecule has 0 spiro atoms. The number of allylic oxidation sites excluding steroid dienone is 6. The molecule has 0 bridgehead atoms. The summed E-state index contributed by atoms with van der Waals surface area (Å²) in [5.74, 6) is 1.60. The highest BCUT2D eigenvalue weighted by Crippen LogP contribution is 2.34. The summed E-state index contributed by atoms with van der Waals surface area (Å²) in [7, 11) is 0. The normalized spacial score (nSPS) is 14.3. The maximum Gasteiger partial charge on any atom is 0.264 e. The minimum absolute atomic E-state index is 0.238. The van der Waals surface area contributed by atoms with Crippen molar-refractivity contribution in [2.24, 2.45) is 0 Å². The van der Waals surface area contributed by atoms with E-state index in [0.717, 1.165) is 11.3 Å². The molecule has 0 saturated carbocycles. The van der Waals surface area contributed by atoms with E-state index in [1.54, 1.807) is 18.2 Å². The molecule has 0 radical (unpaired) electrons. The quantitative estimate of drug-likeness (QED) is 0.585. The Morgan fingerprint density at radius 2 is 1.93 bits per heavy atom. The second-order valence-corrected chi connectivity index (χ2v) is 7.51. The SMILES string of the molecule is O=C=C1CC=CC=C1N(C(=O)c1ccc(Cl)cc1Cl)c1ccc2c(c1)C=CC=CN2. The molecule has 6 heteroatoms. The van der Waals surface area contributed by atoms with Gasteiger partial charge in [-0.2, -0.15) is 0 Å². The maximum atomic E-state index is 13.6. The van der Waals surface area contributed by atoms with E-state index < -0.39 is 0 Å². The van der Waals surface area contributed by atoms with Crippen molar-refractivity contribution in [3.63, 3.8) is 0 Å². The van der Waals surface area contributed by atoms with Crippen LogP contribution in [0.25, 0.3) is 6.08 Å². The van der Waals surface area contributed by atoms with Gasteiger partial charge in [-0.15, -0.1) is 0 Å². The Morgan fingerprint density at radius 3 is 2.73 bits per heavy atom. The first-order valence-electron chi connectivity index (χ1n) is 9.23. The summed E-state index contributed by atoms with van der Waals surface area (Å²) < 4.78 is 0. The lowest BCUT2D eigenvalue weighted by atomic mass is 10.0. The topological polar surface area (TPSA) is 49.4 Å². The summed E-state index contributed by atoms with van der Waals surface area (Å²) in [6.45, 7) is 0. The first-order valence-corrected chi connectivity index (χ1v) is 9.98. The molecule has 4 nitrogen and oxygen atoms in total. The fraction of sp³-hybridized carbons (Fsp3) is 0.0417. The molecule has 0 fully saturated rings. The molecule has 1 aliphatic carbocycles. The lowest BCUT2D eigenvalue weighted by Crippen LogP contribution is -2.32. The lowest BCUT2D eigenvalue weighted by molar-refractivity contribution is 0.0995. The van der Waals surface area contributed by atoms with Crippen LogP contribution in [-0.4, -0.2) is 11.8 Å². The molecule has 0 unspecified atom stereocenters. The molecule has 0 atom stereocenters. The van der Waals surface area contributed by atoms with Crippen molar-refractivity contribution in [2.75, 3.05) is 10.2 Å². The number of carbonyl (C=O) groups is 1. The maximum absolute atomic E-state index is 13.6. The average molecular weight is 435 g/mol. The van der Waals surface area contributed by atoms with Crippen molar-refractivity contribution in [1.29, 1.82) is 0 Å². The van der Waals surface area contributed by atoms with Crippen LogP contribution in [0.3, 0.4) is 0 Å². The Labute approximate surface area is 184 Å². The third-order valence-electron chi connectivity index (χ3n) is 4.77. The predicted molar refractivity (Wildman–Crippen MR) is 123 cm³/mol. The summed E-state index contributed by atoms with van der Waals surface area (Å²) in [4.78, 5) is 26.7. The molecule has 2 aliphatic rings. The van der Waals surface area contributed by atoms with E-state index in [2.05, 4.69) is 5.32 Å². The molecule has 2 aromatic carbocycles. The number of halogens is 2. The Morgan fingerprint density at radius 1 is 1.07 bits per heavy atom. The molecule has 1 amide bonds. The highest BCUT2D eigenvalue weighted by molar-refractivity contribution is 6.37. The molecule has 2 aromatic rings. The number of hydrogen-bond acceptors (Lipinski definition) is 3. The second-order valence-electron chi connectivity index (χ2n) is 6.66. The van der Waals surface area contributed by atoms with E-state index in [-0.39, 0.29) is 16.5 Å². The summed E-state index contributed by atoms with van der Waals surface area (Å²) in [6, 6.07) is 10.3. The number of carbonyl (C=O) groups excluding carboxylic acids is 2. The largest absolute Gasteiger partial charge is 0.361 e. The molecule has 148 valence electrons. The van der Waals surface area contributed by atoms with Gasteiger partial charge in [0.1, 0.15) is 5.94 Å². The molecule has 1 N–H and O–H groups in total. The smallest absolute Gasteiger partial charge is 0.264 e. The summed E-state index contributed by atoms with van der Waals surface area (Å²) in [5.41, 5.74) is 3.55. The van der Waals surface area contributed by atoms with Crippen molar-refractivity contribution in [3.05, 3.63) is 105 Å². The molecular formula is C24H16Cl2N2O2. The van der Waals surface area contributed by atoms with E-state index in [1.165, 1.54) is 11.0 Å². The van der Waals surface area contributed by atoms with Crippen molar-refractivity contribution < 1.29 is 9.59 Å². The number of rotatable bonds is 3. The Hall–Kier alpha value is -3.30. The van der Waals surface area contributed by atoms with Gasteiger partial charge in [0.05, 0.1) is 27.5 Å². The van der Waals surface area contributed by atoms with Gasteiger partial charge in [0.15, 0.2) is 0 Å². The number of nitrogens with one attached hydrogen (secondary N) is 1. The Balaban J connectivity index is 1.87. The summed E-state index contributed by atoms with van der Waals surface area (Å²) >= 11 is 12.3. The van der Waals surface area contributed by atoms with Gasteiger partial charge in [0.25, 0.3) is 5.91 Å². The van der Waals surface area contributed by atoms with Crippen LogP contribution >= 0.6 is 23.2 Å². The Bertz CT molecular complexity index is 1200. The van der Waals surface area contributed by atoms with Crippen molar-refractivity contribution in [1.82, 2.24) is 0 Å². The first kappa shape index (κ1) is 20.0. The number of hydrogen-bond donors (Lipinski definition) is 1. The van der Waals surface area contributed by atoms with Crippen LogP contribution in [0.2, 0.25) is 10.0 Å². The second kappa shape index (κ2) is 8.60. The van der Waals surface area contributed by atoms with Gasteiger partial charge in [-0.1, -0.05) is 47.5 Å². The zero-order valence-electron chi connectivity index (χ0n) is 15.7. The zero-order chi connectivity index (χ0) is 21.1. The monoisotopic (exact) mass is 434 g/mol. The summed E-state index contributed by atoms with van der Waals surface area (Å²) in [5, 5.41) is 3.86. The minimum Gasteiger partial charge on any atom is -0.361 e. The molecule has 4 rings (SSSR count). The van der Waals surface area contributed by atoms with Crippen LogP contribution in [0.1, 0.15) is 22.3 Å². The van der Waals surface area contributed by atoms with E-state index in [4.69, 9.17) is 23.2 Å². The average Bonchev–Trinajstić information content (AvgIpc) is 2.99. The third-order valence-corrected chi connectivity index (χ3v) is 5.31. The van der Waals surface area contributed by atoms with Gasteiger partial charge in [0, 0.05) is 23.3 Å². The van der Waals surface area contributed by atoms with E-state index >= 15 is 0 Å². The highest BCUT2D eigenvalue weighted by atomic mass is 35.5. The van der Waals surface area contributed by atoms with Crippen LogP contribution in [-0.2, 0) is 4.79 Å². The van der Waals surface area contributed by atoms with E-state index in [0.29, 0.717) is 28.4 Å². The molecule has 30 heavy (non-hydrogen) atoms. The highest BCUT2D eigenvalue weighted by Gasteiger charge is 2.27. The lowest BCUT2D eigenvalue weighted by Gasteiger charge is -2.28. The van der Waals surface area contributed by atoms with Crippen molar-refractivity contribution >= 4 is 52.5 Å². The van der Waals surface area contributed by atoms with Gasteiger partial charge in [-0.25, -0.2) is 4.79 Å². The van der Waals surface area contributed by atoms with Crippen molar-refractivity contribution in [3.8, 4) is 0 Å². The third kappa shape index (κ3) is 3.89. The van der Waals surface area contributed by atoms with Gasteiger partial charge in [0.2, 0.25) is 0 Å². The molecule has 0 saturated heterocycles.